The number of likely N-dealkylation sites (N-methyl/N-ethyl adjacent to an activating group) is 1. The van der Waals surface area contributed by atoms with Crippen LogP contribution in [0.3, 0.4) is 0 Å². The van der Waals surface area contributed by atoms with Gasteiger partial charge in [-0.15, -0.1) is 0 Å². The van der Waals surface area contributed by atoms with Crippen molar-refractivity contribution in [2.45, 2.75) is 31.3 Å². The number of rotatable bonds is 4. The van der Waals surface area contributed by atoms with E-state index in [-0.39, 0.29) is 6.04 Å². The quantitative estimate of drug-likeness (QED) is 0.776. The molecule has 0 aromatic rings. The average molecular weight is 289 g/mol. The Balaban J connectivity index is 1.76. The molecule has 2 fully saturated rings. The van der Waals surface area contributed by atoms with Crippen molar-refractivity contribution in [3.8, 4) is 0 Å². The van der Waals surface area contributed by atoms with Crippen LogP contribution in [-0.2, 0) is 9.84 Å². The highest BCUT2D eigenvalue weighted by atomic mass is 32.2. The van der Waals surface area contributed by atoms with Crippen molar-refractivity contribution in [1.29, 1.82) is 0 Å². The number of hydrogen-bond donors (Lipinski definition) is 1. The second-order valence-corrected chi connectivity index (χ2v) is 8.34. The molecular weight excluding hydrogens is 262 g/mol. The van der Waals surface area contributed by atoms with Gasteiger partial charge >= 0.3 is 0 Å². The van der Waals surface area contributed by atoms with Gasteiger partial charge in [-0.2, -0.15) is 0 Å². The Labute approximate surface area is 117 Å². The van der Waals surface area contributed by atoms with E-state index in [0.29, 0.717) is 24.1 Å². The van der Waals surface area contributed by atoms with E-state index in [0.717, 1.165) is 26.1 Å². The highest BCUT2D eigenvalue weighted by molar-refractivity contribution is 7.91. The molecule has 1 N–H and O–H groups in total. The number of likely N-dealkylation sites (tertiary alicyclic amines) is 1. The molecule has 0 radical (unpaired) electrons. The molecule has 0 aromatic carbocycles. The van der Waals surface area contributed by atoms with E-state index in [1.54, 1.807) is 0 Å². The van der Waals surface area contributed by atoms with Gasteiger partial charge in [-0.25, -0.2) is 8.42 Å². The van der Waals surface area contributed by atoms with Crippen molar-refractivity contribution >= 4 is 9.84 Å². The lowest BCUT2D eigenvalue weighted by Crippen LogP contribution is -2.49. The van der Waals surface area contributed by atoms with Crippen LogP contribution < -0.4 is 5.32 Å². The third kappa shape index (κ3) is 4.70. The average Bonchev–Trinajstić information content (AvgIpc) is 2.35. The topological polar surface area (TPSA) is 52.7 Å². The van der Waals surface area contributed by atoms with Crippen LogP contribution in [0.25, 0.3) is 0 Å². The summed E-state index contributed by atoms with van der Waals surface area (Å²) < 4.78 is 23.2. The largest absolute Gasteiger partial charge is 0.312 e. The maximum absolute atomic E-state index is 11.6. The molecule has 0 spiro atoms. The van der Waals surface area contributed by atoms with Gasteiger partial charge in [0.15, 0.2) is 9.84 Å². The number of hydrogen-bond acceptors (Lipinski definition) is 5. The van der Waals surface area contributed by atoms with Crippen molar-refractivity contribution in [3.63, 3.8) is 0 Å². The summed E-state index contributed by atoms with van der Waals surface area (Å²) in [5.74, 6) is 0.619. The van der Waals surface area contributed by atoms with Gasteiger partial charge in [0.1, 0.15) is 0 Å². The van der Waals surface area contributed by atoms with Gasteiger partial charge in [-0.05, 0) is 46.4 Å². The van der Waals surface area contributed by atoms with E-state index >= 15 is 0 Å². The second kappa shape index (κ2) is 6.52. The zero-order chi connectivity index (χ0) is 13.9. The summed E-state index contributed by atoms with van der Waals surface area (Å²) in [6, 6.07) is 0.801. The molecule has 19 heavy (non-hydrogen) atoms. The second-order valence-electron chi connectivity index (χ2n) is 6.11. The van der Waals surface area contributed by atoms with Crippen LogP contribution in [0.15, 0.2) is 0 Å². The summed E-state index contributed by atoms with van der Waals surface area (Å²) in [5, 5.41) is 3.33. The van der Waals surface area contributed by atoms with Crippen LogP contribution >= 0.6 is 0 Å². The van der Waals surface area contributed by atoms with Gasteiger partial charge in [0, 0.05) is 25.2 Å². The third-order valence-electron chi connectivity index (χ3n) is 4.31. The molecule has 5 nitrogen and oxygen atoms in total. The lowest BCUT2D eigenvalue weighted by atomic mass is 10.0. The van der Waals surface area contributed by atoms with Crippen molar-refractivity contribution in [2.24, 2.45) is 0 Å². The van der Waals surface area contributed by atoms with Crippen LogP contribution in [0.2, 0.25) is 0 Å². The summed E-state index contributed by atoms with van der Waals surface area (Å²) in [5.41, 5.74) is 0. The summed E-state index contributed by atoms with van der Waals surface area (Å²) in [7, 11) is 1.49. The lowest BCUT2D eigenvalue weighted by molar-refractivity contribution is 0.129. The Kier molecular flexibility index (Phi) is 5.22. The zero-order valence-corrected chi connectivity index (χ0v) is 13.0. The minimum absolute atomic E-state index is 0.151. The van der Waals surface area contributed by atoms with E-state index in [9.17, 15) is 8.42 Å². The Bertz CT molecular complexity index is 383. The number of piperidine rings is 1. The number of nitrogens with zero attached hydrogens (tertiary/aromatic N) is 2. The van der Waals surface area contributed by atoms with Crippen molar-refractivity contribution in [3.05, 3.63) is 0 Å². The van der Waals surface area contributed by atoms with Crippen LogP contribution in [0.4, 0.5) is 0 Å². The van der Waals surface area contributed by atoms with Crippen LogP contribution in [0, 0.1) is 0 Å². The Hall–Kier alpha value is -0.170. The normalized spacial score (nSPS) is 32.6. The molecule has 0 saturated carbocycles. The van der Waals surface area contributed by atoms with Gasteiger partial charge in [-0.1, -0.05) is 0 Å². The molecule has 2 unspecified atom stereocenters. The first-order chi connectivity index (χ1) is 8.96. The van der Waals surface area contributed by atoms with E-state index in [4.69, 9.17) is 0 Å². The first kappa shape index (κ1) is 15.2. The molecule has 0 amide bonds. The Morgan fingerprint density at radius 3 is 2.84 bits per heavy atom. The molecule has 0 aliphatic carbocycles. The van der Waals surface area contributed by atoms with Gasteiger partial charge in [-0.3, -0.25) is 0 Å². The van der Waals surface area contributed by atoms with Crippen LogP contribution in [0.1, 0.15) is 19.3 Å². The smallest absolute Gasteiger partial charge is 0.153 e. The summed E-state index contributed by atoms with van der Waals surface area (Å²) in [6.07, 6.45) is 3.47. The van der Waals surface area contributed by atoms with E-state index in [2.05, 4.69) is 29.2 Å². The molecular formula is C13H27N3O2S. The summed E-state index contributed by atoms with van der Waals surface area (Å²) >= 11 is 0. The van der Waals surface area contributed by atoms with Gasteiger partial charge in [0.2, 0.25) is 0 Å². The van der Waals surface area contributed by atoms with Gasteiger partial charge in [0.25, 0.3) is 0 Å². The van der Waals surface area contributed by atoms with Gasteiger partial charge < -0.3 is 15.1 Å². The molecule has 0 aromatic heterocycles. The fourth-order valence-corrected chi connectivity index (χ4v) is 4.54. The standard InChI is InChI=1S/C13H27N3O2S/c1-15(2)13-4-3-7-16(10-13)8-5-12-11-19(17,18)9-6-14-12/h12-14H,3-11H2,1-2H3. The maximum Gasteiger partial charge on any atom is 0.153 e. The fraction of sp³-hybridized carbons (Fsp3) is 1.00. The molecule has 2 atom stereocenters. The molecule has 2 aliphatic rings. The van der Waals surface area contributed by atoms with E-state index < -0.39 is 9.84 Å². The van der Waals surface area contributed by atoms with Crippen LogP contribution in [-0.4, -0.2) is 82.1 Å². The highest BCUT2D eigenvalue weighted by Crippen LogP contribution is 2.15. The lowest BCUT2D eigenvalue weighted by Gasteiger charge is -2.37. The first-order valence-corrected chi connectivity index (χ1v) is 9.11. The molecule has 6 heteroatoms. The Morgan fingerprint density at radius 2 is 2.16 bits per heavy atom. The molecule has 112 valence electrons. The fourth-order valence-electron chi connectivity index (χ4n) is 3.05. The first-order valence-electron chi connectivity index (χ1n) is 7.29. The summed E-state index contributed by atoms with van der Waals surface area (Å²) in [6.45, 7) is 3.90. The van der Waals surface area contributed by atoms with E-state index in [1.807, 2.05) is 0 Å². The maximum atomic E-state index is 11.6. The minimum Gasteiger partial charge on any atom is -0.312 e. The minimum atomic E-state index is -2.80. The predicted octanol–water partition coefficient (Wildman–Crippen LogP) is -0.211. The van der Waals surface area contributed by atoms with Gasteiger partial charge in [0.05, 0.1) is 11.5 Å². The van der Waals surface area contributed by atoms with Crippen molar-refractivity contribution in [1.82, 2.24) is 15.1 Å². The monoisotopic (exact) mass is 289 g/mol. The molecule has 2 saturated heterocycles. The van der Waals surface area contributed by atoms with Crippen LogP contribution in [0.5, 0.6) is 0 Å². The third-order valence-corrected chi connectivity index (χ3v) is 6.04. The number of nitrogens with one attached hydrogen (secondary N) is 1. The summed E-state index contributed by atoms with van der Waals surface area (Å²) in [4.78, 5) is 4.78. The Morgan fingerprint density at radius 1 is 1.37 bits per heavy atom. The molecule has 2 aliphatic heterocycles. The van der Waals surface area contributed by atoms with Crippen molar-refractivity contribution < 1.29 is 8.42 Å². The highest BCUT2D eigenvalue weighted by Gasteiger charge is 2.26. The SMILES string of the molecule is CN(C)C1CCCN(CCC2CS(=O)(=O)CCN2)C1. The van der Waals surface area contributed by atoms with Crippen molar-refractivity contribution in [2.75, 3.05) is 51.8 Å². The molecule has 2 heterocycles. The number of sulfone groups is 1. The molecule has 0 bridgehead atoms. The zero-order valence-electron chi connectivity index (χ0n) is 12.1. The van der Waals surface area contributed by atoms with E-state index in [1.165, 1.54) is 12.8 Å². The molecule has 2 rings (SSSR count). The predicted molar refractivity (Wildman–Crippen MR) is 78.2 cm³/mol.